The van der Waals surface area contributed by atoms with Gasteiger partial charge >= 0.3 is 0 Å². The van der Waals surface area contributed by atoms with Gasteiger partial charge in [-0.15, -0.1) is 0 Å². The molecule has 9 heavy (non-hydrogen) atoms. The molecule has 3 heteroatoms. The molecule has 0 unspecified atom stereocenters. The van der Waals surface area contributed by atoms with Gasteiger partial charge in [-0.2, -0.15) is 0 Å². The van der Waals surface area contributed by atoms with Crippen LogP contribution >= 0.6 is 0 Å². The van der Waals surface area contributed by atoms with Crippen LogP contribution in [0.2, 0.25) is 6.32 Å². The molecule has 0 aliphatic rings. The number of amides is 1. The standard InChI is InChI=1S/C6H12BNO/c1-3-4-8(2)6(9)5-7/h3-5H2,1-2H3. The fourth-order valence-corrected chi connectivity index (χ4v) is 0.616. The Morgan fingerprint density at radius 3 is 2.56 bits per heavy atom. The molecule has 0 rings (SSSR count). The minimum absolute atomic E-state index is 0.0110. The third-order valence-electron chi connectivity index (χ3n) is 1.16. The Labute approximate surface area is 57.6 Å². The molecule has 0 aromatic carbocycles. The van der Waals surface area contributed by atoms with Crippen LogP contribution in [0.3, 0.4) is 0 Å². The topological polar surface area (TPSA) is 20.3 Å². The van der Waals surface area contributed by atoms with E-state index in [4.69, 9.17) is 7.85 Å². The number of hydrogen-bond acceptors (Lipinski definition) is 1. The van der Waals surface area contributed by atoms with E-state index < -0.39 is 0 Å². The summed E-state index contributed by atoms with van der Waals surface area (Å²) in [6, 6.07) is 0. The first-order valence-electron chi connectivity index (χ1n) is 3.16. The maximum absolute atomic E-state index is 10.7. The van der Waals surface area contributed by atoms with Crippen LogP contribution in [0.1, 0.15) is 13.3 Å². The quantitative estimate of drug-likeness (QED) is 0.501. The Morgan fingerprint density at radius 2 is 2.22 bits per heavy atom. The summed E-state index contributed by atoms with van der Waals surface area (Å²) in [6.07, 6.45) is 1.11. The van der Waals surface area contributed by atoms with Gasteiger partial charge in [0.15, 0.2) is 0 Å². The molecule has 0 bridgehead atoms. The number of carbonyl (C=O) groups excluding carboxylic acids is 1. The fourth-order valence-electron chi connectivity index (χ4n) is 0.616. The summed E-state index contributed by atoms with van der Waals surface area (Å²) in [5.41, 5.74) is 0. The van der Waals surface area contributed by atoms with Crippen LogP contribution in [0, 0.1) is 0 Å². The summed E-state index contributed by atoms with van der Waals surface area (Å²) in [5, 5.41) is 0. The van der Waals surface area contributed by atoms with E-state index in [1.165, 1.54) is 0 Å². The van der Waals surface area contributed by atoms with Crippen molar-refractivity contribution in [3.63, 3.8) is 0 Å². The first-order valence-corrected chi connectivity index (χ1v) is 3.16. The zero-order chi connectivity index (χ0) is 7.28. The molecule has 0 saturated heterocycles. The summed E-state index contributed by atoms with van der Waals surface area (Å²) in [6.45, 7) is 2.83. The van der Waals surface area contributed by atoms with Gasteiger partial charge in [0, 0.05) is 13.6 Å². The van der Waals surface area contributed by atoms with Gasteiger partial charge in [0.25, 0.3) is 0 Å². The van der Waals surface area contributed by atoms with Gasteiger partial charge in [-0.25, -0.2) is 0 Å². The highest BCUT2D eigenvalue weighted by Crippen LogP contribution is 1.89. The molecule has 0 N–H and O–H groups in total. The minimum atomic E-state index is 0.0110. The lowest BCUT2D eigenvalue weighted by Gasteiger charge is -2.14. The molecule has 0 fully saturated rings. The number of carbonyl (C=O) groups is 1. The zero-order valence-electron chi connectivity index (χ0n) is 6.05. The van der Waals surface area contributed by atoms with E-state index in [-0.39, 0.29) is 12.2 Å². The molecule has 0 aromatic heterocycles. The molecular formula is C6H12BNO. The van der Waals surface area contributed by atoms with Crippen molar-refractivity contribution in [2.24, 2.45) is 0 Å². The van der Waals surface area contributed by atoms with Crippen molar-refractivity contribution >= 4 is 13.8 Å². The zero-order valence-corrected chi connectivity index (χ0v) is 6.05. The normalized spacial score (nSPS) is 9.11. The van der Waals surface area contributed by atoms with Crippen molar-refractivity contribution in [1.29, 1.82) is 0 Å². The second kappa shape index (κ2) is 4.42. The van der Waals surface area contributed by atoms with Crippen LogP contribution in [-0.4, -0.2) is 32.2 Å². The Kier molecular flexibility index (Phi) is 4.19. The molecule has 2 nitrogen and oxygen atoms in total. The van der Waals surface area contributed by atoms with Crippen molar-refractivity contribution in [2.75, 3.05) is 13.6 Å². The van der Waals surface area contributed by atoms with Crippen LogP contribution < -0.4 is 0 Å². The van der Waals surface area contributed by atoms with Gasteiger partial charge in [-0.05, 0) is 12.7 Å². The van der Waals surface area contributed by atoms with Crippen LogP contribution in [-0.2, 0) is 4.79 Å². The Balaban J connectivity index is 3.45. The molecule has 0 spiro atoms. The summed E-state index contributed by atoms with van der Waals surface area (Å²) in [7, 11) is 6.87. The molecule has 0 aromatic rings. The van der Waals surface area contributed by atoms with Crippen molar-refractivity contribution in [2.45, 2.75) is 19.7 Å². The minimum Gasteiger partial charge on any atom is -0.346 e. The number of rotatable bonds is 3. The van der Waals surface area contributed by atoms with E-state index in [9.17, 15) is 4.79 Å². The van der Waals surface area contributed by atoms with E-state index in [0.29, 0.717) is 0 Å². The van der Waals surface area contributed by atoms with E-state index in [1.54, 1.807) is 11.9 Å². The highest BCUT2D eigenvalue weighted by molar-refractivity contribution is 6.19. The van der Waals surface area contributed by atoms with Crippen LogP contribution in [0.25, 0.3) is 0 Å². The summed E-state index contributed by atoms with van der Waals surface area (Å²) < 4.78 is 0. The Morgan fingerprint density at radius 1 is 1.67 bits per heavy atom. The maximum atomic E-state index is 10.7. The van der Waals surface area contributed by atoms with Gasteiger partial charge < -0.3 is 4.90 Å². The molecule has 2 radical (unpaired) electrons. The average Bonchev–Trinajstić information content (AvgIpc) is 1.87. The first kappa shape index (κ1) is 8.53. The Bertz CT molecular complexity index is 95.1. The lowest BCUT2D eigenvalue weighted by Crippen LogP contribution is -2.26. The molecule has 0 aliphatic heterocycles. The lowest BCUT2D eigenvalue weighted by molar-refractivity contribution is -0.127. The predicted molar refractivity (Wildman–Crippen MR) is 38.5 cm³/mol. The summed E-state index contributed by atoms with van der Waals surface area (Å²) >= 11 is 0. The lowest BCUT2D eigenvalue weighted by atomic mass is 10.0. The van der Waals surface area contributed by atoms with Gasteiger partial charge in [0.2, 0.25) is 5.91 Å². The smallest absolute Gasteiger partial charge is 0.213 e. The molecule has 0 atom stereocenters. The summed E-state index contributed by atoms with van der Waals surface area (Å²) in [4.78, 5) is 12.3. The average molecular weight is 125 g/mol. The maximum Gasteiger partial charge on any atom is 0.213 e. The van der Waals surface area contributed by atoms with E-state index >= 15 is 0 Å². The predicted octanol–water partition coefficient (Wildman–Crippen LogP) is 0.442. The van der Waals surface area contributed by atoms with Crippen LogP contribution in [0.4, 0.5) is 0 Å². The highest BCUT2D eigenvalue weighted by Gasteiger charge is 2.01. The van der Waals surface area contributed by atoms with E-state index in [1.807, 2.05) is 6.92 Å². The monoisotopic (exact) mass is 125 g/mol. The van der Waals surface area contributed by atoms with Gasteiger partial charge in [-0.3, -0.25) is 4.79 Å². The van der Waals surface area contributed by atoms with Crippen LogP contribution in [0.5, 0.6) is 0 Å². The molecule has 50 valence electrons. The Hall–Kier alpha value is -0.465. The second-order valence-electron chi connectivity index (χ2n) is 2.02. The van der Waals surface area contributed by atoms with Crippen molar-refractivity contribution < 1.29 is 4.79 Å². The number of hydrogen-bond donors (Lipinski definition) is 0. The molecular weight excluding hydrogens is 113 g/mol. The van der Waals surface area contributed by atoms with Gasteiger partial charge in [-0.1, -0.05) is 6.92 Å². The van der Waals surface area contributed by atoms with E-state index in [2.05, 4.69) is 0 Å². The first-order chi connectivity index (χ1) is 4.22. The van der Waals surface area contributed by atoms with Crippen molar-refractivity contribution in [1.82, 2.24) is 4.90 Å². The highest BCUT2D eigenvalue weighted by atomic mass is 16.2. The van der Waals surface area contributed by atoms with Crippen molar-refractivity contribution in [3.8, 4) is 0 Å². The fraction of sp³-hybridized carbons (Fsp3) is 0.833. The SMILES string of the molecule is [B]CC(=O)N(C)CCC. The van der Waals surface area contributed by atoms with Gasteiger partial charge in [0.1, 0.15) is 0 Å². The number of nitrogens with zero attached hydrogens (tertiary/aromatic N) is 1. The van der Waals surface area contributed by atoms with Crippen LogP contribution in [0.15, 0.2) is 0 Å². The molecule has 0 aliphatic carbocycles. The summed E-state index contributed by atoms with van der Waals surface area (Å²) in [5.74, 6) is 0.0110. The third kappa shape index (κ3) is 3.17. The molecule has 0 heterocycles. The largest absolute Gasteiger partial charge is 0.346 e. The molecule has 1 amide bonds. The third-order valence-corrected chi connectivity index (χ3v) is 1.16. The van der Waals surface area contributed by atoms with E-state index in [0.717, 1.165) is 13.0 Å². The second-order valence-corrected chi connectivity index (χ2v) is 2.02. The van der Waals surface area contributed by atoms with Crippen molar-refractivity contribution in [3.05, 3.63) is 0 Å². The molecule has 0 saturated carbocycles. The van der Waals surface area contributed by atoms with Gasteiger partial charge in [0.05, 0.1) is 7.85 Å².